The molecule has 16 heavy (non-hydrogen) atoms. The maximum absolute atomic E-state index is 11.9. The standard InChI is InChI=1S/C12H25N3O/c1-3-5-11(13)12(16)15-9-7-14(6-4-2)8-10-15/h11H,3-10,13H2,1-2H3/t11-/m1/s1. The van der Waals surface area contributed by atoms with E-state index in [1.54, 1.807) is 0 Å². The van der Waals surface area contributed by atoms with Gasteiger partial charge in [0.15, 0.2) is 0 Å². The number of piperazine rings is 1. The van der Waals surface area contributed by atoms with E-state index in [1.165, 1.54) is 6.42 Å². The second-order valence-corrected chi connectivity index (χ2v) is 4.56. The van der Waals surface area contributed by atoms with Gasteiger partial charge < -0.3 is 10.6 Å². The molecule has 1 heterocycles. The van der Waals surface area contributed by atoms with Gasteiger partial charge in [0.05, 0.1) is 6.04 Å². The Morgan fingerprint density at radius 3 is 2.31 bits per heavy atom. The van der Waals surface area contributed by atoms with Crippen molar-refractivity contribution in [1.29, 1.82) is 0 Å². The van der Waals surface area contributed by atoms with Gasteiger partial charge in [-0.3, -0.25) is 9.69 Å². The van der Waals surface area contributed by atoms with Gasteiger partial charge >= 0.3 is 0 Å². The van der Waals surface area contributed by atoms with Gasteiger partial charge in [-0.05, 0) is 19.4 Å². The molecule has 2 N–H and O–H groups in total. The minimum Gasteiger partial charge on any atom is -0.339 e. The van der Waals surface area contributed by atoms with E-state index in [9.17, 15) is 4.79 Å². The summed E-state index contributed by atoms with van der Waals surface area (Å²) in [4.78, 5) is 16.3. The molecular weight excluding hydrogens is 202 g/mol. The topological polar surface area (TPSA) is 49.6 Å². The molecule has 0 bridgehead atoms. The number of amides is 1. The summed E-state index contributed by atoms with van der Waals surface area (Å²) >= 11 is 0. The average molecular weight is 227 g/mol. The van der Waals surface area contributed by atoms with Crippen LogP contribution in [-0.4, -0.2) is 54.5 Å². The highest BCUT2D eigenvalue weighted by molar-refractivity contribution is 5.81. The highest BCUT2D eigenvalue weighted by atomic mass is 16.2. The lowest BCUT2D eigenvalue weighted by Gasteiger charge is -2.35. The fourth-order valence-corrected chi connectivity index (χ4v) is 2.18. The second-order valence-electron chi connectivity index (χ2n) is 4.56. The van der Waals surface area contributed by atoms with Crippen LogP contribution in [0.2, 0.25) is 0 Å². The third-order valence-electron chi connectivity index (χ3n) is 3.14. The summed E-state index contributed by atoms with van der Waals surface area (Å²) < 4.78 is 0. The molecule has 94 valence electrons. The van der Waals surface area contributed by atoms with Gasteiger partial charge in [0.25, 0.3) is 0 Å². The molecule has 1 saturated heterocycles. The normalized spacial score (nSPS) is 19.8. The number of hydrogen-bond donors (Lipinski definition) is 1. The van der Waals surface area contributed by atoms with Crippen LogP contribution in [0.3, 0.4) is 0 Å². The molecule has 1 aliphatic heterocycles. The molecule has 4 nitrogen and oxygen atoms in total. The second kappa shape index (κ2) is 6.86. The minimum atomic E-state index is -0.289. The summed E-state index contributed by atoms with van der Waals surface area (Å²) in [7, 11) is 0. The number of carbonyl (C=O) groups excluding carboxylic acids is 1. The van der Waals surface area contributed by atoms with Crippen LogP contribution in [0.1, 0.15) is 33.1 Å². The third kappa shape index (κ3) is 3.76. The highest BCUT2D eigenvalue weighted by Crippen LogP contribution is 2.06. The molecule has 0 unspecified atom stereocenters. The Morgan fingerprint density at radius 2 is 1.81 bits per heavy atom. The molecule has 1 fully saturated rings. The minimum absolute atomic E-state index is 0.137. The van der Waals surface area contributed by atoms with Gasteiger partial charge in [0.1, 0.15) is 0 Å². The van der Waals surface area contributed by atoms with Crippen molar-refractivity contribution >= 4 is 5.91 Å². The molecule has 0 aromatic carbocycles. The van der Waals surface area contributed by atoms with Crippen molar-refractivity contribution in [1.82, 2.24) is 9.80 Å². The first-order valence-electron chi connectivity index (χ1n) is 6.45. The lowest BCUT2D eigenvalue weighted by molar-refractivity contribution is -0.134. The first kappa shape index (κ1) is 13.5. The van der Waals surface area contributed by atoms with E-state index in [1.807, 2.05) is 4.90 Å². The maximum atomic E-state index is 11.9. The van der Waals surface area contributed by atoms with Gasteiger partial charge in [-0.2, -0.15) is 0 Å². The van der Waals surface area contributed by atoms with Crippen LogP contribution in [-0.2, 0) is 4.79 Å². The molecule has 1 aliphatic rings. The van der Waals surface area contributed by atoms with Crippen LogP contribution in [0.25, 0.3) is 0 Å². The van der Waals surface area contributed by atoms with E-state index in [0.29, 0.717) is 0 Å². The largest absolute Gasteiger partial charge is 0.339 e. The third-order valence-corrected chi connectivity index (χ3v) is 3.14. The van der Waals surface area contributed by atoms with Crippen LogP contribution in [0, 0.1) is 0 Å². The van der Waals surface area contributed by atoms with Crippen molar-refractivity contribution in [3.8, 4) is 0 Å². The van der Waals surface area contributed by atoms with Crippen molar-refractivity contribution in [3.63, 3.8) is 0 Å². The Hall–Kier alpha value is -0.610. The fourth-order valence-electron chi connectivity index (χ4n) is 2.18. The van der Waals surface area contributed by atoms with Crippen LogP contribution < -0.4 is 5.73 Å². The number of nitrogens with zero attached hydrogens (tertiary/aromatic N) is 2. The van der Waals surface area contributed by atoms with E-state index in [4.69, 9.17) is 5.73 Å². The lowest BCUT2D eigenvalue weighted by Crippen LogP contribution is -2.53. The lowest BCUT2D eigenvalue weighted by atomic mass is 10.1. The first-order valence-corrected chi connectivity index (χ1v) is 6.45. The van der Waals surface area contributed by atoms with Crippen molar-refractivity contribution in [2.45, 2.75) is 39.2 Å². The maximum Gasteiger partial charge on any atom is 0.239 e. The predicted molar refractivity (Wildman–Crippen MR) is 66.2 cm³/mol. The Morgan fingerprint density at radius 1 is 1.19 bits per heavy atom. The van der Waals surface area contributed by atoms with Gasteiger partial charge in [-0.1, -0.05) is 20.3 Å². The zero-order chi connectivity index (χ0) is 12.0. The van der Waals surface area contributed by atoms with Gasteiger partial charge in [-0.15, -0.1) is 0 Å². The molecule has 0 saturated carbocycles. The van der Waals surface area contributed by atoms with E-state index < -0.39 is 0 Å². The number of carbonyl (C=O) groups is 1. The summed E-state index contributed by atoms with van der Waals surface area (Å²) in [5.74, 6) is 0.137. The van der Waals surface area contributed by atoms with E-state index >= 15 is 0 Å². The Labute approximate surface area is 98.8 Å². The highest BCUT2D eigenvalue weighted by Gasteiger charge is 2.24. The molecule has 0 aromatic rings. The summed E-state index contributed by atoms with van der Waals surface area (Å²) in [6.07, 6.45) is 2.96. The SMILES string of the molecule is CCC[C@@H](N)C(=O)N1CCN(CCC)CC1. The van der Waals surface area contributed by atoms with Crippen molar-refractivity contribution < 1.29 is 4.79 Å². The van der Waals surface area contributed by atoms with Crippen molar-refractivity contribution in [2.75, 3.05) is 32.7 Å². The van der Waals surface area contributed by atoms with Crippen LogP contribution in [0.15, 0.2) is 0 Å². The summed E-state index contributed by atoms with van der Waals surface area (Å²) in [6.45, 7) is 9.08. The predicted octanol–water partition coefficient (Wildman–Crippen LogP) is 0.668. The van der Waals surface area contributed by atoms with Gasteiger partial charge in [-0.25, -0.2) is 0 Å². The molecule has 0 radical (unpaired) electrons. The van der Waals surface area contributed by atoms with Crippen LogP contribution >= 0.6 is 0 Å². The molecular formula is C12H25N3O. The van der Waals surface area contributed by atoms with Gasteiger partial charge in [0, 0.05) is 26.2 Å². The zero-order valence-electron chi connectivity index (χ0n) is 10.6. The van der Waals surface area contributed by atoms with Crippen molar-refractivity contribution in [2.24, 2.45) is 5.73 Å². The van der Waals surface area contributed by atoms with E-state index in [2.05, 4.69) is 18.7 Å². The van der Waals surface area contributed by atoms with Gasteiger partial charge in [0.2, 0.25) is 5.91 Å². The number of hydrogen-bond acceptors (Lipinski definition) is 3. The molecule has 0 aliphatic carbocycles. The Bertz CT molecular complexity index is 212. The summed E-state index contributed by atoms with van der Waals surface area (Å²) in [5, 5.41) is 0. The average Bonchev–Trinajstić information content (AvgIpc) is 2.30. The smallest absolute Gasteiger partial charge is 0.239 e. The first-order chi connectivity index (χ1) is 7.69. The zero-order valence-corrected chi connectivity index (χ0v) is 10.6. The van der Waals surface area contributed by atoms with E-state index in [-0.39, 0.29) is 11.9 Å². The summed E-state index contributed by atoms with van der Waals surface area (Å²) in [5.41, 5.74) is 5.85. The molecule has 1 amide bonds. The Kier molecular flexibility index (Phi) is 5.77. The molecule has 0 aromatic heterocycles. The molecule has 4 heteroatoms. The fraction of sp³-hybridized carbons (Fsp3) is 0.917. The number of nitrogens with two attached hydrogens (primary N) is 1. The Balaban J connectivity index is 2.32. The molecule has 1 atom stereocenters. The van der Waals surface area contributed by atoms with Crippen LogP contribution in [0.4, 0.5) is 0 Å². The molecule has 0 spiro atoms. The van der Waals surface area contributed by atoms with E-state index in [0.717, 1.165) is 45.6 Å². The number of rotatable bonds is 5. The molecule has 1 rings (SSSR count). The van der Waals surface area contributed by atoms with Crippen molar-refractivity contribution in [3.05, 3.63) is 0 Å². The monoisotopic (exact) mass is 227 g/mol. The summed E-state index contributed by atoms with van der Waals surface area (Å²) in [6, 6.07) is -0.289. The van der Waals surface area contributed by atoms with Crippen LogP contribution in [0.5, 0.6) is 0 Å². The quantitative estimate of drug-likeness (QED) is 0.751.